The van der Waals surface area contributed by atoms with Crippen LogP contribution in [0.25, 0.3) is 6.08 Å². The Hall–Kier alpha value is -3.00. The van der Waals surface area contributed by atoms with Crippen LogP contribution in [0.1, 0.15) is 125 Å². The molecule has 8 fully saturated rings. The first-order valence-corrected chi connectivity index (χ1v) is 31.4. The van der Waals surface area contributed by atoms with Crippen molar-refractivity contribution in [1.29, 1.82) is 0 Å². The van der Waals surface area contributed by atoms with Crippen LogP contribution in [0.5, 0.6) is 0 Å². The van der Waals surface area contributed by atoms with Crippen molar-refractivity contribution in [3.8, 4) is 0 Å². The third kappa shape index (κ3) is 12.4. The first-order chi connectivity index (χ1) is 41.8. The summed E-state index contributed by atoms with van der Waals surface area (Å²) >= 11 is 0. The second-order valence-electron chi connectivity index (χ2n) is 26.4. The fourth-order valence-corrected chi connectivity index (χ4v) is 16.5. The minimum atomic E-state index is -2.06. The zero-order chi connectivity index (χ0) is 63.4. The van der Waals surface area contributed by atoms with Gasteiger partial charge < -0.3 is 107 Å². The molecule has 10 rings (SSSR count). The highest BCUT2D eigenvalue weighted by atomic mass is 16.8. The zero-order valence-electron chi connectivity index (χ0n) is 52.5. The molecule has 0 unspecified atom stereocenters. The van der Waals surface area contributed by atoms with E-state index in [1.54, 1.807) is 41.3 Å². The Morgan fingerprint density at radius 3 is 1.59 bits per heavy atom. The summed E-state index contributed by atoms with van der Waals surface area (Å²) in [5.74, 6) is -1.84. The van der Waals surface area contributed by atoms with Gasteiger partial charge in [0.1, 0.15) is 71.7 Å². The first kappa shape index (κ1) is 67.9. The lowest BCUT2D eigenvalue weighted by atomic mass is 9.42. The third-order valence-electron chi connectivity index (χ3n) is 21.7. The Balaban J connectivity index is 0.723. The Kier molecular flexibility index (Phi) is 20.9. The van der Waals surface area contributed by atoms with E-state index < -0.39 is 187 Å². The minimum absolute atomic E-state index is 0.0639. The number of carbonyl (C=O) groups is 2. The monoisotopic (exact) mass is 1250 g/mol. The van der Waals surface area contributed by atoms with Crippen molar-refractivity contribution in [2.24, 2.45) is 16.7 Å². The number of hydrogen-bond donors (Lipinski definition) is 7. The molecule has 1 aromatic rings. The first-order valence-electron chi connectivity index (χ1n) is 31.4. The smallest absolute Gasteiger partial charge is 0.331 e. The summed E-state index contributed by atoms with van der Waals surface area (Å²) in [4.78, 5) is 27.0. The zero-order valence-corrected chi connectivity index (χ0v) is 52.5. The Morgan fingerprint density at radius 2 is 1.11 bits per heavy atom. The van der Waals surface area contributed by atoms with Crippen LogP contribution in [0, 0.1) is 16.7 Å². The summed E-state index contributed by atoms with van der Waals surface area (Å²) in [6.07, 6.45) is -10.3. The van der Waals surface area contributed by atoms with Crippen LogP contribution in [0.4, 0.5) is 0 Å². The third-order valence-corrected chi connectivity index (χ3v) is 21.7. The predicted molar refractivity (Wildman–Crippen MR) is 308 cm³/mol. The van der Waals surface area contributed by atoms with Crippen molar-refractivity contribution in [2.45, 2.75) is 277 Å². The molecular weight excluding hydrogens is 1150 g/mol. The highest BCUT2D eigenvalue weighted by Crippen LogP contribution is 2.71. The van der Waals surface area contributed by atoms with Crippen molar-refractivity contribution in [2.75, 3.05) is 35.0 Å². The number of esters is 1. The van der Waals surface area contributed by atoms with E-state index in [2.05, 4.69) is 6.92 Å². The average molecular weight is 1250 g/mol. The standard InChI is InChI=1S/C64H96O24/c1-32-55(85-49-27-41(75-9)56(33(2)79-49)86-50-28-42(76-10)57(34(3)80-50)87-51-29-43(77-11)58(35(4)81-51)88-59-54(70)53(69)52(68)44(31-65)83-59)40(74-8)26-48(78-32)82-39-20-21-60(6)38(25-39)19-22-63(72)45(60)30-46(84-47(67)18-17-37-15-13-12-14-16-37)61(7)62(71,36(5)66)23-24-64(61,63)73/h12-19,32-35,39-46,48-59,65,68-73H,20-31H2,1-11H3/t32-,33-,34-,35-,39+,40+,41-,42-,43+,44-,45-,46-,48+,49+,50+,51+,52-,53+,54-,55-,56-,57-,58-,59+,60+,61-,62-,63+,64-/m1/s1. The second-order valence-corrected chi connectivity index (χ2v) is 26.4. The number of methoxy groups -OCH3 is 4. The van der Waals surface area contributed by atoms with Gasteiger partial charge in [-0.15, -0.1) is 0 Å². The molecule has 9 aliphatic rings. The summed E-state index contributed by atoms with van der Waals surface area (Å²) in [6, 6.07) is 9.27. The number of benzene rings is 1. The number of rotatable bonds is 19. The molecule has 4 aliphatic carbocycles. The van der Waals surface area contributed by atoms with Crippen molar-refractivity contribution in [1.82, 2.24) is 0 Å². The van der Waals surface area contributed by atoms with Crippen LogP contribution in [0.2, 0.25) is 0 Å². The van der Waals surface area contributed by atoms with E-state index in [1.807, 2.05) is 57.2 Å². The topological polar surface area (TPSA) is 314 Å². The van der Waals surface area contributed by atoms with Gasteiger partial charge in [0.05, 0.1) is 67.0 Å². The highest BCUT2D eigenvalue weighted by Gasteiger charge is 2.81. The fourth-order valence-electron chi connectivity index (χ4n) is 16.5. The summed E-state index contributed by atoms with van der Waals surface area (Å²) in [5, 5.41) is 79.2. The molecule has 24 heteroatoms. The maximum Gasteiger partial charge on any atom is 0.331 e. The van der Waals surface area contributed by atoms with E-state index in [0.29, 0.717) is 38.5 Å². The Bertz CT molecular complexity index is 2590. The van der Waals surface area contributed by atoms with Crippen molar-refractivity contribution < 1.29 is 116 Å². The molecule has 3 saturated carbocycles. The summed E-state index contributed by atoms with van der Waals surface area (Å²) in [5.41, 5.74) is -6.36. The molecule has 29 atom stereocenters. The maximum atomic E-state index is 13.7. The quantitative estimate of drug-likeness (QED) is 0.0595. The lowest BCUT2D eigenvalue weighted by Crippen LogP contribution is -2.78. The highest BCUT2D eigenvalue weighted by molar-refractivity contribution is 5.88. The van der Waals surface area contributed by atoms with Crippen molar-refractivity contribution in [3.05, 3.63) is 53.6 Å². The number of carbonyl (C=O) groups excluding carboxylic acids is 2. The SMILES string of the molecule is CO[C@H]1C[C@H](O[C@H]2CC[C@@]3(C)C(=CC[C@]4(O)[C@@H]3C[C@@H](OC(=O)C=Cc3ccccc3)[C@@]3(C)[C@]4(O)CC[C@@]3(O)C(C)=O)C2)O[C@H](C)[C@H]1O[C@H]1C[C@@H](OC)[C@H](O[C@H]2C[C@@H](OC)[C@H](O[C@H]3C[C@H](OC)[C@H](O[C@@H]4O[C@H](CO)[C@@H](O)[C@H](O)[C@H]4O)[C@@H](C)O3)[C@@H](C)O2)[C@@H](C)O1. The molecule has 0 spiro atoms. The summed E-state index contributed by atoms with van der Waals surface area (Å²) in [7, 11) is 6.34. The molecule has 5 heterocycles. The van der Waals surface area contributed by atoms with Gasteiger partial charge in [0.2, 0.25) is 0 Å². The number of ether oxygens (including phenoxy) is 15. The molecule has 7 N–H and O–H groups in total. The normalized spacial score (nSPS) is 48.9. The van der Waals surface area contributed by atoms with Crippen LogP contribution in [0.3, 0.4) is 0 Å². The fraction of sp³-hybridized carbons (Fsp3) is 0.812. The number of fused-ring (bicyclic) bond motifs is 5. The maximum absolute atomic E-state index is 13.7. The van der Waals surface area contributed by atoms with Gasteiger partial charge >= 0.3 is 5.97 Å². The molecule has 1 aromatic carbocycles. The summed E-state index contributed by atoms with van der Waals surface area (Å²) in [6.45, 7) is 11.8. The van der Waals surface area contributed by atoms with Crippen molar-refractivity contribution >= 4 is 17.8 Å². The molecule has 0 aromatic heterocycles. The second kappa shape index (κ2) is 27.1. The molecular formula is C64H96O24. The van der Waals surface area contributed by atoms with Crippen LogP contribution < -0.4 is 0 Å². The van der Waals surface area contributed by atoms with E-state index in [9.17, 15) is 45.3 Å². The van der Waals surface area contributed by atoms with E-state index in [0.717, 1.165) is 11.1 Å². The van der Waals surface area contributed by atoms with Gasteiger partial charge in [-0.1, -0.05) is 48.9 Å². The lowest BCUT2D eigenvalue weighted by molar-refractivity contribution is -0.358. The van der Waals surface area contributed by atoms with E-state index in [-0.39, 0.29) is 38.2 Å². The predicted octanol–water partition coefficient (Wildman–Crippen LogP) is 3.06. The van der Waals surface area contributed by atoms with Crippen LogP contribution in [0.15, 0.2) is 48.1 Å². The van der Waals surface area contributed by atoms with Gasteiger partial charge in [-0.05, 0) is 104 Å². The molecule has 24 nitrogen and oxygen atoms in total. The summed E-state index contributed by atoms with van der Waals surface area (Å²) < 4.78 is 94.3. The number of hydrogen-bond acceptors (Lipinski definition) is 24. The van der Waals surface area contributed by atoms with Crippen LogP contribution >= 0.6 is 0 Å². The van der Waals surface area contributed by atoms with Crippen LogP contribution in [-0.4, -0.2) is 241 Å². The number of aliphatic hydroxyl groups excluding tert-OH is 4. The van der Waals surface area contributed by atoms with E-state index in [4.69, 9.17) is 71.1 Å². The minimum Gasteiger partial charge on any atom is -0.458 e. The molecule has 496 valence electrons. The van der Waals surface area contributed by atoms with Gasteiger partial charge in [0.15, 0.2) is 37.2 Å². The molecule has 0 amide bonds. The molecule has 0 bridgehead atoms. The lowest BCUT2D eigenvalue weighted by Gasteiger charge is -2.67. The Morgan fingerprint density at radius 1 is 0.625 bits per heavy atom. The van der Waals surface area contributed by atoms with Gasteiger partial charge in [0.25, 0.3) is 0 Å². The molecule has 0 radical (unpaired) electrons. The molecule has 5 aliphatic heterocycles. The van der Waals surface area contributed by atoms with Gasteiger partial charge in [-0.2, -0.15) is 0 Å². The number of Topliss-reactive ketones (excluding diaryl/α,β-unsaturated/α-hetero) is 1. The van der Waals surface area contributed by atoms with E-state index >= 15 is 0 Å². The number of aliphatic hydroxyl groups is 7. The number of ketones is 1. The van der Waals surface area contributed by atoms with Gasteiger partial charge in [-0.25, -0.2) is 4.79 Å². The molecule has 5 saturated heterocycles. The average Bonchev–Trinajstić information content (AvgIpc) is 1.36. The van der Waals surface area contributed by atoms with Crippen molar-refractivity contribution in [3.63, 3.8) is 0 Å². The molecule has 88 heavy (non-hydrogen) atoms. The van der Waals surface area contributed by atoms with Crippen LogP contribution in [-0.2, 0) is 80.6 Å². The van der Waals surface area contributed by atoms with Gasteiger partial charge in [-0.3, -0.25) is 4.79 Å². The van der Waals surface area contributed by atoms with E-state index in [1.165, 1.54) is 20.1 Å². The largest absolute Gasteiger partial charge is 0.458 e. The van der Waals surface area contributed by atoms with Gasteiger partial charge in [0, 0.05) is 66.1 Å². The Labute approximate surface area is 515 Å².